The van der Waals surface area contributed by atoms with Gasteiger partial charge < -0.3 is 15.8 Å². The van der Waals surface area contributed by atoms with E-state index < -0.39 is 0 Å². The molecule has 1 amide bonds. The van der Waals surface area contributed by atoms with Crippen molar-refractivity contribution < 1.29 is 9.53 Å². The first kappa shape index (κ1) is 14.2. The standard InChI is InChI=1S/C15H15ClN2O2/c1-10-7-13(17)14(8-12(10)16)18-15(19)9-20-11-5-3-2-4-6-11/h2-8H,9,17H2,1H3,(H,18,19). The van der Waals surface area contributed by atoms with Crippen LogP contribution in [0, 0.1) is 6.92 Å². The number of hydrogen-bond acceptors (Lipinski definition) is 3. The van der Waals surface area contributed by atoms with E-state index in [1.165, 1.54) is 0 Å². The van der Waals surface area contributed by atoms with Crippen LogP contribution in [-0.2, 0) is 4.79 Å². The van der Waals surface area contributed by atoms with Gasteiger partial charge in [0.25, 0.3) is 5.91 Å². The normalized spacial score (nSPS) is 10.1. The van der Waals surface area contributed by atoms with E-state index in [0.717, 1.165) is 5.56 Å². The van der Waals surface area contributed by atoms with Crippen LogP contribution >= 0.6 is 11.6 Å². The molecule has 2 aromatic carbocycles. The summed E-state index contributed by atoms with van der Waals surface area (Å²) in [5, 5.41) is 3.23. The van der Waals surface area contributed by atoms with E-state index in [-0.39, 0.29) is 12.5 Å². The van der Waals surface area contributed by atoms with E-state index in [1.54, 1.807) is 24.3 Å². The number of hydrogen-bond donors (Lipinski definition) is 2. The van der Waals surface area contributed by atoms with Gasteiger partial charge in [0.2, 0.25) is 0 Å². The molecule has 0 aliphatic rings. The van der Waals surface area contributed by atoms with Crippen LogP contribution in [0.4, 0.5) is 11.4 Å². The molecule has 0 radical (unpaired) electrons. The van der Waals surface area contributed by atoms with Crippen LogP contribution in [0.3, 0.4) is 0 Å². The van der Waals surface area contributed by atoms with Crippen molar-refractivity contribution in [3.05, 3.63) is 53.1 Å². The van der Waals surface area contributed by atoms with Crippen LogP contribution in [0.5, 0.6) is 5.75 Å². The molecule has 0 heterocycles. The summed E-state index contributed by atoms with van der Waals surface area (Å²) in [6.45, 7) is 1.76. The van der Waals surface area contributed by atoms with Crippen molar-refractivity contribution in [2.75, 3.05) is 17.7 Å². The molecule has 0 fully saturated rings. The maximum Gasteiger partial charge on any atom is 0.262 e. The second-order valence-corrected chi connectivity index (χ2v) is 4.75. The van der Waals surface area contributed by atoms with Gasteiger partial charge in [-0.25, -0.2) is 0 Å². The Morgan fingerprint density at radius 3 is 2.70 bits per heavy atom. The zero-order valence-corrected chi connectivity index (χ0v) is 11.8. The summed E-state index contributed by atoms with van der Waals surface area (Å²) in [6, 6.07) is 12.5. The first-order valence-corrected chi connectivity index (χ1v) is 6.47. The van der Waals surface area contributed by atoms with Crippen molar-refractivity contribution in [2.24, 2.45) is 0 Å². The number of carbonyl (C=O) groups excluding carboxylic acids is 1. The van der Waals surface area contributed by atoms with Crippen LogP contribution < -0.4 is 15.8 Å². The highest BCUT2D eigenvalue weighted by Gasteiger charge is 2.08. The molecule has 2 aromatic rings. The van der Waals surface area contributed by atoms with Crippen molar-refractivity contribution >= 4 is 28.9 Å². The molecular weight excluding hydrogens is 276 g/mol. The Bertz CT molecular complexity index is 615. The molecule has 104 valence electrons. The molecule has 20 heavy (non-hydrogen) atoms. The molecule has 0 atom stereocenters. The number of halogens is 1. The van der Waals surface area contributed by atoms with Gasteiger partial charge in [-0.2, -0.15) is 0 Å². The van der Waals surface area contributed by atoms with Gasteiger partial charge in [-0.3, -0.25) is 4.79 Å². The van der Waals surface area contributed by atoms with Gasteiger partial charge in [-0.15, -0.1) is 0 Å². The quantitative estimate of drug-likeness (QED) is 0.850. The SMILES string of the molecule is Cc1cc(N)c(NC(=O)COc2ccccc2)cc1Cl. The Morgan fingerprint density at radius 2 is 2.00 bits per heavy atom. The predicted octanol–water partition coefficient (Wildman–Crippen LogP) is 3.25. The Hall–Kier alpha value is -2.20. The molecule has 0 spiro atoms. The molecular formula is C15H15ClN2O2. The highest BCUT2D eigenvalue weighted by Crippen LogP contribution is 2.26. The van der Waals surface area contributed by atoms with Crippen LogP contribution in [0.2, 0.25) is 5.02 Å². The second-order valence-electron chi connectivity index (χ2n) is 4.34. The maximum absolute atomic E-state index is 11.8. The van der Waals surface area contributed by atoms with Crippen molar-refractivity contribution in [3.63, 3.8) is 0 Å². The van der Waals surface area contributed by atoms with Crippen molar-refractivity contribution in [2.45, 2.75) is 6.92 Å². The maximum atomic E-state index is 11.8. The minimum atomic E-state index is -0.291. The Labute approximate surface area is 122 Å². The van der Waals surface area contributed by atoms with Gasteiger partial charge in [0.15, 0.2) is 6.61 Å². The fourth-order valence-electron chi connectivity index (χ4n) is 1.66. The zero-order valence-electron chi connectivity index (χ0n) is 11.0. The third-order valence-corrected chi connectivity index (χ3v) is 3.13. The van der Waals surface area contributed by atoms with Crippen molar-refractivity contribution in [1.82, 2.24) is 0 Å². The zero-order chi connectivity index (χ0) is 14.5. The summed E-state index contributed by atoms with van der Waals surface area (Å²) >= 11 is 6.00. The molecule has 0 saturated heterocycles. The Balaban J connectivity index is 1.97. The van der Waals surface area contributed by atoms with Gasteiger partial charge in [-0.1, -0.05) is 29.8 Å². The fraction of sp³-hybridized carbons (Fsp3) is 0.133. The molecule has 2 rings (SSSR count). The fourth-order valence-corrected chi connectivity index (χ4v) is 1.83. The lowest BCUT2D eigenvalue weighted by Crippen LogP contribution is -2.20. The molecule has 4 nitrogen and oxygen atoms in total. The lowest BCUT2D eigenvalue weighted by atomic mass is 10.2. The highest BCUT2D eigenvalue weighted by atomic mass is 35.5. The van der Waals surface area contributed by atoms with Gasteiger partial charge in [0, 0.05) is 5.02 Å². The molecule has 0 aliphatic carbocycles. The monoisotopic (exact) mass is 290 g/mol. The lowest BCUT2D eigenvalue weighted by molar-refractivity contribution is -0.118. The van der Waals surface area contributed by atoms with E-state index in [1.807, 2.05) is 25.1 Å². The Kier molecular flexibility index (Phi) is 4.48. The molecule has 0 aromatic heterocycles. The van der Waals surface area contributed by atoms with E-state index >= 15 is 0 Å². The third kappa shape index (κ3) is 3.65. The van der Waals surface area contributed by atoms with Gasteiger partial charge >= 0.3 is 0 Å². The van der Waals surface area contributed by atoms with Crippen molar-refractivity contribution in [1.29, 1.82) is 0 Å². The topological polar surface area (TPSA) is 64.3 Å². The second kappa shape index (κ2) is 6.30. The average Bonchev–Trinajstić information content (AvgIpc) is 2.44. The lowest BCUT2D eigenvalue weighted by Gasteiger charge is -2.11. The van der Waals surface area contributed by atoms with Gasteiger partial charge in [-0.05, 0) is 36.8 Å². The summed E-state index contributed by atoms with van der Waals surface area (Å²) in [4.78, 5) is 11.8. The van der Waals surface area contributed by atoms with Crippen LogP contribution in [0.25, 0.3) is 0 Å². The number of benzene rings is 2. The average molecular weight is 291 g/mol. The van der Waals surface area contributed by atoms with Crippen LogP contribution in [0.1, 0.15) is 5.56 Å². The summed E-state index contributed by atoms with van der Waals surface area (Å²) in [5.74, 6) is 0.345. The number of carbonyl (C=O) groups is 1. The van der Waals surface area contributed by atoms with E-state index in [2.05, 4.69) is 5.32 Å². The highest BCUT2D eigenvalue weighted by molar-refractivity contribution is 6.31. The number of nitrogens with one attached hydrogen (secondary N) is 1. The molecule has 0 unspecified atom stereocenters. The third-order valence-electron chi connectivity index (χ3n) is 2.72. The van der Waals surface area contributed by atoms with E-state index in [4.69, 9.17) is 22.1 Å². The Morgan fingerprint density at radius 1 is 1.30 bits per heavy atom. The first-order valence-electron chi connectivity index (χ1n) is 6.09. The minimum absolute atomic E-state index is 0.0883. The van der Waals surface area contributed by atoms with Crippen molar-refractivity contribution in [3.8, 4) is 5.75 Å². The van der Waals surface area contributed by atoms with Crippen LogP contribution in [0.15, 0.2) is 42.5 Å². The minimum Gasteiger partial charge on any atom is -0.484 e. The number of aryl methyl sites for hydroxylation is 1. The van der Waals surface area contributed by atoms with Crippen LogP contribution in [-0.4, -0.2) is 12.5 Å². The number of rotatable bonds is 4. The summed E-state index contributed by atoms with van der Waals surface area (Å²) in [6.07, 6.45) is 0. The summed E-state index contributed by atoms with van der Waals surface area (Å²) in [5.41, 5.74) is 7.66. The van der Waals surface area contributed by atoms with Gasteiger partial charge in [0.1, 0.15) is 5.75 Å². The molecule has 5 heteroatoms. The molecule has 3 N–H and O–H groups in total. The number of anilines is 2. The number of para-hydroxylation sites is 1. The van der Waals surface area contributed by atoms with E-state index in [9.17, 15) is 4.79 Å². The number of nitrogen functional groups attached to an aromatic ring is 1. The number of ether oxygens (including phenoxy) is 1. The number of nitrogens with two attached hydrogens (primary N) is 1. The van der Waals surface area contributed by atoms with E-state index in [0.29, 0.717) is 22.1 Å². The summed E-state index contributed by atoms with van der Waals surface area (Å²) < 4.78 is 5.35. The smallest absolute Gasteiger partial charge is 0.262 e. The molecule has 0 aliphatic heterocycles. The molecule has 0 bridgehead atoms. The van der Waals surface area contributed by atoms with Gasteiger partial charge in [0.05, 0.1) is 11.4 Å². The predicted molar refractivity (Wildman–Crippen MR) is 81.2 cm³/mol. The summed E-state index contributed by atoms with van der Waals surface area (Å²) in [7, 11) is 0. The molecule has 0 saturated carbocycles. The number of amides is 1. The largest absolute Gasteiger partial charge is 0.484 e. The first-order chi connectivity index (χ1) is 9.56.